The van der Waals surface area contributed by atoms with Crippen LogP contribution in [0.5, 0.6) is 0 Å². The molecule has 0 aromatic heterocycles. The predicted molar refractivity (Wildman–Crippen MR) is 68.8 cm³/mol. The van der Waals surface area contributed by atoms with Crippen LogP contribution < -0.4 is 11.1 Å². The molecule has 1 amide bonds. The van der Waals surface area contributed by atoms with Crippen LogP contribution in [-0.2, 0) is 17.5 Å². The van der Waals surface area contributed by atoms with Gasteiger partial charge in [-0.1, -0.05) is 6.07 Å². The van der Waals surface area contributed by atoms with Crippen LogP contribution in [0.3, 0.4) is 0 Å². The number of nitrogens with zero attached hydrogens (tertiary/aromatic N) is 1. The van der Waals surface area contributed by atoms with E-state index in [1.54, 1.807) is 0 Å². The van der Waals surface area contributed by atoms with E-state index < -0.39 is 11.7 Å². The normalized spacial score (nSPS) is 17.6. The number of amides is 1. The molecule has 1 saturated heterocycles. The largest absolute Gasteiger partial charge is 0.416 e. The van der Waals surface area contributed by atoms with Crippen LogP contribution in [0.25, 0.3) is 0 Å². The van der Waals surface area contributed by atoms with Crippen LogP contribution in [0, 0.1) is 0 Å². The molecule has 7 heteroatoms. The molecule has 1 fully saturated rings. The number of halogens is 3. The first-order valence-corrected chi connectivity index (χ1v) is 6.31. The third-order valence-corrected chi connectivity index (χ3v) is 3.24. The zero-order chi connectivity index (χ0) is 14.8. The molecule has 1 heterocycles. The van der Waals surface area contributed by atoms with Crippen molar-refractivity contribution in [2.45, 2.75) is 19.1 Å². The second-order valence-corrected chi connectivity index (χ2v) is 4.79. The molecule has 0 spiro atoms. The van der Waals surface area contributed by atoms with E-state index in [1.807, 2.05) is 4.90 Å². The summed E-state index contributed by atoms with van der Waals surface area (Å²) in [5, 5.41) is 2.69. The predicted octanol–water partition coefficient (Wildman–Crippen LogP) is 1.61. The molecule has 0 saturated carbocycles. The van der Waals surface area contributed by atoms with Gasteiger partial charge in [-0.2, -0.15) is 13.2 Å². The Bertz CT molecular complexity index is 502. The van der Waals surface area contributed by atoms with E-state index >= 15 is 0 Å². The number of hydrogen-bond acceptors (Lipinski definition) is 3. The van der Waals surface area contributed by atoms with E-state index in [0.29, 0.717) is 26.1 Å². The lowest BCUT2D eigenvalue weighted by Crippen LogP contribution is -2.29. The molecule has 2 rings (SSSR count). The lowest BCUT2D eigenvalue weighted by molar-refractivity contribution is -0.138. The van der Waals surface area contributed by atoms with Gasteiger partial charge in [0.2, 0.25) is 5.91 Å². The van der Waals surface area contributed by atoms with Gasteiger partial charge in [-0.3, -0.25) is 9.69 Å². The number of hydrogen-bond donors (Lipinski definition) is 2. The standard InChI is InChI=1S/C13H16F3N3O/c14-13(15,16)11-7-10(17)2-1-9(11)8-19-5-3-12(20)18-4-6-19/h1-2,7H,3-6,8,17H2,(H,18,20). The van der Waals surface area contributed by atoms with Gasteiger partial charge in [-0.05, 0) is 17.7 Å². The number of nitrogens with one attached hydrogen (secondary N) is 1. The molecular weight excluding hydrogens is 271 g/mol. The monoisotopic (exact) mass is 287 g/mol. The van der Waals surface area contributed by atoms with Crippen molar-refractivity contribution in [3.05, 3.63) is 29.3 Å². The molecule has 0 aliphatic carbocycles. The van der Waals surface area contributed by atoms with Crippen LogP contribution in [0.15, 0.2) is 18.2 Å². The SMILES string of the molecule is Nc1ccc(CN2CCNC(=O)CC2)c(C(F)(F)F)c1. The number of nitrogens with two attached hydrogens (primary N) is 1. The molecule has 3 N–H and O–H groups in total. The zero-order valence-electron chi connectivity index (χ0n) is 10.8. The summed E-state index contributed by atoms with van der Waals surface area (Å²) < 4.78 is 39.0. The van der Waals surface area contributed by atoms with Gasteiger partial charge in [0, 0.05) is 38.3 Å². The highest BCUT2D eigenvalue weighted by Crippen LogP contribution is 2.33. The van der Waals surface area contributed by atoms with Crippen molar-refractivity contribution in [3.63, 3.8) is 0 Å². The fourth-order valence-corrected chi connectivity index (χ4v) is 2.21. The summed E-state index contributed by atoms with van der Waals surface area (Å²) in [6.45, 7) is 1.60. The van der Waals surface area contributed by atoms with Crippen molar-refractivity contribution in [2.75, 3.05) is 25.4 Å². The molecular formula is C13H16F3N3O. The maximum atomic E-state index is 13.0. The number of benzene rings is 1. The lowest BCUT2D eigenvalue weighted by atomic mass is 10.1. The Morgan fingerprint density at radius 1 is 1.30 bits per heavy atom. The molecule has 1 aliphatic heterocycles. The fourth-order valence-electron chi connectivity index (χ4n) is 2.21. The molecule has 0 atom stereocenters. The number of rotatable bonds is 2. The molecule has 0 bridgehead atoms. The summed E-state index contributed by atoms with van der Waals surface area (Å²) in [5.74, 6) is -0.0687. The maximum absolute atomic E-state index is 13.0. The Labute approximate surface area is 114 Å². The summed E-state index contributed by atoms with van der Waals surface area (Å²) in [5.41, 5.74) is 5.00. The maximum Gasteiger partial charge on any atom is 0.416 e. The van der Waals surface area contributed by atoms with Crippen molar-refractivity contribution >= 4 is 11.6 Å². The third-order valence-electron chi connectivity index (χ3n) is 3.24. The van der Waals surface area contributed by atoms with Crippen molar-refractivity contribution in [1.82, 2.24) is 10.2 Å². The Balaban J connectivity index is 2.18. The average Bonchev–Trinajstić information content (AvgIpc) is 2.55. The van der Waals surface area contributed by atoms with Crippen LogP contribution in [0.4, 0.5) is 18.9 Å². The minimum Gasteiger partial charge on any atom is -0.399 e. The third kappa shape index (κ3) is 3.63. The highest BCUT2D eigenvalue weighted by atomic mass is 19.4. The molecule has 110 valence electrons. The number of carbonyl (C=O) groups excluding carboxylic acids is 1. The summed E-state index contributed by atoms with van der Waals surface area (Å²) in [6, 6.07) is 3.82. The first-order valence-electron chi connectivity index (χ1n) is 6.31. The molecule has 1 aromatic carbocycles. The van der Waals surface area contributed by atoms with Crippen LogP contribution in [0.1, 0.15) is 17.5 Å². The highest BCUT2D eigenvalue weighted by Gasteiger charge is 2.33. The molecule has 20 heavy (non-hydrogen) atoms. The van der Waals surface area contributed by atoms with Gasteiger partial charge < -0.3 is 11.1 Å². The summed E-state index contributed by atoms with van der Waals surface area (Å²) in [7, 11) is 0. The van der Waals surface area contributed by atoms with Crippen molar-refractivity contribution in [3.8, 4) is 0 Å². The number of carbonyl (C=O) groups is 1. The lowest BCUT2D eigenvalue weighted by Gasteiger charge is -2.22. The van der Waals surface area contributed by atoms with Crippen molar-refractivity contribution < 1.29 is 18.0 Å². The van der Waals surface area contributed by atoms with Gasteiger partial charge in [0.25, 0.3) is 0 Å². The minimum absolute atomic E-state index is 0.0687. The van der Waals surface area contributed by atoms with Crippen molar-refractivity contribution in [1.29, 1.82) is 0 Å². The molecule has 0 unspecified atom stereocenters. The van der Waals surface area contributed by atoms with Crippen LogP contribution >= 0.6 is 0 Å². The minimum atomic E-state index is -4.43. The van der Waals surface area contributed by atoms with Crippen LogP contribution in [-0.4, -0.2) is 30.4 Å². The number of alkyl halides is 3. The Hall–Kier alpha value is -1.76. The van der Waals surface area contributed by atoms with Crippen molar-refractivity contribution in [2.24, 2.45) is 0 Å². The fraction of sp³-hybridized carbons (Fsp3) is 0.462. The quantitative estimate of drug-likeness (QED) is 0.813. The van der Waals surface area contributed by atoms with E-state index in [1.165, 1.54) is 12.1 Å². The summed E-state index contributed by atoms with van der Waals surface area (Å²) in [6.07, 6.45) is -4.12. The van der Waals surface area contributed by atoms with Gasteiger partial charge in [-0.25, -0.2) is 0 Å². The summed E-state index contributed by atoms with van der Waals surface area (Å²) >= 11 is 0. The van der Waals surface area contributed by atoms with Gasteiger partial charge in [-0.15, -0.1) is 0 Å². The highest BCUT2D eigenvalue weighted by molar-refractivity contribution is 5.76. The topological polar surface area (TPSA) is 58.4 Å². The molecule has 4 nitrogen and oxygen atoms in total. The van der Waals surface area contributed by atoms with Gasteiger partial charge in [0.1, 0.15) is 0 Å². The van der Waals surface area contributed by atoms with Gasteiger partial charge in [0.05, 0.1) is 5.56 Å². The second kappa shape index (κ2) is 5.70. The average molecular weight is 287 g/mol. The van der Waals surface area contributed by atoms with E-state index in [9.17, 15) is 18.0 Å². The van der Waals surface area contributed by atoms with E-state index in [0.717, 1.165) is 6.07 Å². The molecule has 0 radical (unpaired) electrons. The Morgan fingerprint density at radius 3 is 2.75 bits per heavy atom. The van der Waals surface area contributed by atoms with E-state index in [4.69, 9.17) is 5.73 Å². The van der Waals surface area contributed by atoms with Gasteiger partial charge in [0.15, 0.2) is 0 Å². The summed E-state index contributed by atoms with van der Waals surface area (Å²) in [4.78, 5) is 13.0. The second-order valence-electron chi connectivity index (χ2n) is 4.79. The van der Waals surface area contributed by atoms with Crippen LogP contribution in [0.2, 0.25) is 0 Å². The Morgan fingerprint density at radius 2 is 2.05 bits per heavy atom. The van der Waals surface area contributed by atoms with E-state index in [-0.39, 0.29) is 23.7 Å². The Kier molecular flexibility index (Phi) is 4.17. The van der Waals surface area contributed by atoms with Gasteiger partial charge >= 0.3 is 6.18 Å². The first kappa shape index (κ1) is 14.6. The number of anilines is 1. The molecule has 1 aliphatic rings. The number of nitrogen functional groups attached to an aromatic ring is 1. The smallest absolute Gasteiger partial charge is 0.399 e. The zero-order valence-corrected chi connectivity index (χ0v) is 10.8. The first-order chi connectivity index (χ1) is 9.36. The van der Waals surface area contributed by atoms with E-state index in [2.05, 4.69) is 5.32 Å². The molecule has 1 aromatic rings.